The molecule has 6 rings (SSSR count). The molecule has 0 aromatic heterocycles. The molecule has 0 spiro atoms. The van der Waals surface area contributed by atoms with E-state index in [1.54, 1.807) is 81.4 Å². The molecule has 0 bridgehead atoms. The van der Waals surface area contributed by atoms with E-state index in [2.05, 4.69) is 6.58 Å². The first kappa shape index (κ1) is 33.6. The zero-order valence-electron chi connectivity index (χ0n) is 27.2. The van der Waals surface area contributed by atoms with E-state index in [9.17, 15) is 30.0 Å². The number of carbonyl (C=O) groups is 2. The summed E-state index contributed by atoms with van der Waals surface area (Å²) in [6.07, 6.45) is -7.31. The quantitative estimate of drug-likeness (QED) is 0.268. The van der Waals surface area contributed by atoms with Crippen molar-refractivity contribution in [2.24, 2.45) is 23.7 Å². The summed E-state index contributed by atoms with van der Waals surface area (Å²) >= 11 is 0. The molecule has 3 saturated carbocycles. The molecule has 1 heterocycles. The van der Waals surface area contributed by atoms with Crippen molar-refractivity contribution in [2.75, 3.05) is 6.79 Å². The highest BCUT2D eigenvalue weighted by molar-refractivity contribution is 5.89. The molecule has 0 amide bonds. The highest BCUT2D eigenvalue weighted by atomic mass is 16.7. The molecule has 1 saturated heterocycles. The van der Waals surface area contributed by atoms with Gasteiger partial charge < -0.3 is 44.1 Å². The second-order valence-electron chi connectivity index (χ2n) is 14.0. The number of fused-ring (bicyclic) bond motifs is 5. The smallest absolute Gasteiger partial charge is 0.338 e. The number of para-hydroxylation sites is 1. The van der Waals surface area contributed by atoms with Crippen molar-refractivity contribution < 1.29 is 53.7 Å². The third-order valence-electron chi connectivity index (χ3n) is 11.2. The maximum absolute atomic E-state index is 13.8. The topological polar surface area (TPSA) is 161 Å². The van der Waals surface area contributed by atoms with Gasteiger partial charge in [-0.3, -0.25) is 4.79 Å². The minimum absolute atomic E-state index is 0.124. The first-order valence-corrected chi connectivity index (χ1v) is 16.0. The Kier molecular flexibility index (Phi) is 8.34. The SMILES string of the molecule is C=C(C)[C@@]12OCO[C@@H]1[C@@H]1[C@H](O)[C@@](C)(O)[C@@H](OC(C)=O)[C@@]3(O)C(C[C@H](C)[C@@H]3O)[C@@]1(Oc1ccccc1)[C@H](C)[C@@H]2OC(=O)c1ccccc1. The molecule has 13 atom stereocenters. The third-order valence-corrected chi connectivity index (χ3v) is 11.2. The predicted octanol–water partition coefficient (Wildman–Crippen LogP) is 2.79. The molecule has 47 heavy (non-hydrogen) atoms. The Morgan fingerprint density at radius 2 is 1.55 bits per heavy atom. The summed E-state index contributed by atoms with van der Waals surface area (Å²) < 4.78 is 31.8. The predicted molar refractivity (Wildman–Crippen MR) is 167 cm³/mol. The van der Waals surface area contributed by atoms with Crippen LogP contribution in [0, 0.1) is 23.7 Å². The molecule has 2 aromatic rings. The molecule has 4 aliphatic rings. The lowest BCUT2D eigenvalue weighted by Gasteiger charge is -2.61. The number of benzene rings is 2. The fourth-order valence-electron chi connectivity index (χ4n) is 9.22. The van der Waals surface area contributed by atoms with E-state index in [-0.39, 0.29) is 18.8 Å². The lowest BCUT2D eigenvalue weighted by Crippen LogP contribution is -2.77. The average Bonchev–Trinajstić information content (AvgIpc) is 3.57. The van der Waals surface area contributed by atoms with Gasteiger partial charge in [0.25, 0.3) is 0 Å². The van der Waals surface area contributed by atoms with Gasteiger partial charge in [0.1, 0.15) is 41.6 Å². The summed E-state index contributed by atoms with van der Waals surface area (Å²) in [5.74, 6) is -4.95. The number of ether oxygens (including phenoxy) is 5. The van der Waals surface area contributed by atoms with Gasteiger partial charge in [-0.2, -0.15) is 0 Å². The molecule has 4 N–H and O–H groups in total. The number of hydrogen-bond donors (Lipinski definition) is 4. The summed E-state index contributed by atoms with van der Waals surface area (Å²) in [5, 5.41) is 49.4. The van der Waals surface area contributed by atoms with Crippen LogP contribution in [0.4, 0.5) is 0 Å². The zero-order valence-corrected chi connectivity index (χ0v) is 27.2. The van der Waals surface area contributed by atoms with Crippen LogP contribution in [0.3, 0.4) is 0 Å². The van der Waals surface area contributed by atoms with E-state index in [0.717, 1.165) is 6.92 Å². The highest BCUT2D eigenvalue weighted by Gasteiger charge is 2.82. The van der Waals surface area contributed by atoms with Gasteiger partial charge in [0.2, 0.25) is 0 Å². The zero-order chi connectivity index (χ0) is 34.1. The van der Waals surface area contributed by atoms with Crippen molar-refractivity contribution in [3.05, 3.63) is 78.4 Å². The van der Waals surface area contributed by atoms with Gasteiger partial charge in [-0.05, 0) is 56.0 Å². The Morgan fingerprint density at radius 1 is 0.936 bits per heavy atom. The first-order valence-electron chi connectivity index (χ1n) is 16.0. The molecule has 3 aliphatic carbocycles. The van der Waals surface area contributed by atoms with Gasteiger partial charge in [-0.1, -0.05) is 56.8 Å². The van der Waals surface area contributed by atoms with Gasteiger partial charge in [0, 0.05) is 18.8 Å². The van der Waals surface area contributed by atoms with E-state index in [0.29, 0.717) is 11.3 Å². The van der Waals surface area contributed by atoms with Gasteiger partial charge in [0.15, 0.2) is 11.7 Å². The number of esters is 2. The van der Waals surface area contributed by atoms with Crippen LogP contribution in [-0.2, 0) is 23.7 Å². The summed E-state index contributed by atoms with van der Waals surface area (Å²) in [7, 11) is 0. The number of aliphatic hydroxyl groups excluding tert-OH is 2. The van der Waals surface area contributed by atoms with E-state index in [1.807, 2.05) is 0 Å². The number of aliphatic hydroxyl groups is 4. The molecular formula is C36H44O11. The van der Waals surface area contributed by atoms with Gasteiger partial charge in [0.05, 0.1) is 23.7 Å². The van der Waals surface area contributed by atoms with Crippen LogP contribution in [-0.4, -0.2) is 92.1 Å². The number of hydrogen-bond acceptors (Lipinski definition) is 11. The van der Waals surface area contributed by atoms with E-state index >= 15 is 0 Å². The Hall–Kier alpha value is -3.32. The number of carbonyl (C=O) groups excluding carboxylic acids is 2. The van der Waals surface area contributed by atoms with Gasteiger partial charge in [-0.15, -0.1) is 0 Å². The standard InChI is InChI=1S/C36H44O11/c1-19(2)35-29(46-31(40)23-13-9-7-10-14-23)21(4)36(47-24-15-11-8-12-16-24)25-17-20(3)27(38)34(25,42)32(45-22(5)37)33(6,41)28(39)26(36)30(35)43-18-44-35/h7-16,20-21,25-30,32,38-39,41-42H,1,17-18H2,2-6H3/t20-,21+,25?,26-,27-,28-,29-,30+,32+,33+,34+,35-,36-/m0/s1. The second kappa shape index (κ2) is 11.7. The summed E-state index contributed by atoms with van der Waals surface area (Å²) in [6.45, 7) is 11.6. The van der Waals surface area contributed by atoms with E-state index < -0.39 is 88.5 Å². The van der Waals surface area contributed by atoms with Crippen molar-refractivity contribution in [1.82, 2.24) is 0 Å². The lowest BCUT2D eigenvalue weighted by atomic mass is 9.52. The maximum Gasteiger partial charge on any atom is 0.338 e. The van der Waals surface area contributed by atoms with Crippen molar-refractivity contribution in [3.8, 4) is 5.75 Å². The molecule has 254 valence electrons. The lowest BCUT2D eigenvalue weighted by molar-refractivity contribution is -0.262. The van der Waals surface area contributed by atoms with Gasteiger partial charge >= 0.3 is 11.9 Å². The third kappa shape index (κ3) is 4.69. The Balaban J connectivity index is 1.66. The van der Waals surface area contributed by atoms with Crippen LogP contribution in [0.1, 0.15) is 51.4 Å². The Bertz CT molecular complexity index is 1510. The summed E-state index contributed by atoms with van der Waals surface area (Å²) in [6, 6.07) is 17.2. The van der Waals surface area contributed by atoms with E-state index in [4.69, 9.17) is 23.7 Å². The van der Waals surface area contributed by atoms with Crippen LogP contribution in [0.2, 0.25) is 0 Å². The van der Waals surface area contributed by atoms with Crippen LogP contribution in [0.15, 0.2) is 72.8 Å². The molecule has 1 aliphatic heterocycles. The molecule has 0 radical (unpaired) electrons. The largest absolute Gasteiger partial charge is 0.486 e. The molecule has 11 heteroatoms. The van der Waals surface area contributed by atoms with Crippen molar-refractivity contribution in [3.63, 3.8) is 0 Å². The summed E-state index contributed by atoms with van der Waals surface area (Å²) in [4.78, 5) is 26.4. The maximum atomic E-state index is 13.8. The monoisotopic (exact) mass is 652 g/mol. The highest BCUT2D eigenvalue weighted by Crippen LogP contribution is 2.65. The first-order chi connectivity index (χ1) is 22.1. The second-order valence-corrected chi connectivity index (χ2v) is 14.0. The fraction of sp³-hybridized carbons (Fsp3) is 0.556. The molecule has 4 fully saturated rings. The molecule has 1 unspecified atom stereocenters. The van der Waals surface area contributed by atoms with Crippen LogP contribution < -0.4 is 4.74 Å². The van der Waals surface area contributed by atoms with Gasteiger partial charge in [-0.25, -0.2) is 4.79 Å². The molecule has 2 aromatic carbocycles. The van der Waals surface area contributed by atoms with Crippen molar-refractivity contribution in [1.29, 1.82) is 0 Å². The van der Waals surface area contributed by atoms with Crippen molar-refractivity contribution in [2.45, 2.75) is 94.0 Å². The summed E-state index contributed by atoms with van der Waals surface area (Å²) in [5.41, 5.74) is -7.24. The molecule has 11 nitrogen and oxygen atoms in total. The Labute approximate surface area is 274 Å². The van der Waals surface area contributed by atoms with Crippen LogP contribution >= 0.6 is 0 Å². The normalized spacial score (nSPS) is 43.9. The Morgan fingerprint density at radius 3 is 2.15 bits per heavy atom. The molecular weight excluding hydrogens is 608 g/mol. The van der Waals surface area contributed by atoms with Crippen LogP contribution in [0.5, 0.6) is 5.75 Å². The number of rotatable bonds is 6. The van der Waals surface area contributed by atoms with E-state index in [1.165, 1.54) is 6.92 Å². The fourth-order valence-corrected chi connectivity index (χ4v) is 9.22. The minimum atomic E-state index is -2.35. The minimum Gasteiger partial charge on any atom is -0.486 e. The van der Waals surface area contributed by atoms with Crippen molar-refractivity contribution >= 4 is 11.9 Å². The average molecular weight is 653 g/mol. The van der Waals surface area contributed by atoms with Crippen LogP contribution in [0.25, 0.3) is 0 Å².